The van der Waals surface area contributed by atoms with Gasteiger partial charge in [0.25, 0.3) is 0 Å². The molecule has 4 heteroatoms. The minimum absolute atomic E-state index is 0.484. The lowest BCUT2D eigenvalue weighted by Crippen LogP contribution is -2.22. The molecule has 0 spiro atoms. The van der Waals surface area contributed by atoms with Crippen molar-refractivity contribution in [3.05, 3.63) is 53.7 Å². The van der Waals surface area contributed by atoms with Crippen LogP contribution in [0.25, 0.3) is 0 Å². The summed E-state index contributed by atoms with van der Waals surface area (Å²) in [7, 11) is 0. The van der Waals surface area contributed by atoms with Gasteiger partial charge in [0.2, 0.25) is 0 Å². The van der Waals surface area contributed by atoms with Crippen molar-refractivity contribution < 1.29 is 4.42 Å². The first kappa shape index (κ1) is 12.8. The average molecular weight is 245 g/mol. The molecule has 2 rings (SSSR count). The minimum Gasteiger partial charge on any atom is -0.468 e. The highest BCUT2D eigenvalue weighted by molar-refractivity contribution is 5.16. The van der Waals surface area contributed by atoms with Crippen molar-refractivity contribution in [2.45, 2.75) is 26.6 Å². The Bertz CT molecular complexity index is 468. The zero-order valence-electron chi connectivity index (χ0n) is 10.7. The summed E-state index contributed by atoms with van der Waals surface area (Å²) in [4.78, 5) is 6.52. The molecular weight excluding hydrogens is 226 g/mol. The van der Waals surface area contributed by atoms with E-state index in [4.69, 9.17) is 10.2 Å². The molecule has 0 bridgehead atoms. The van der Waals surface area contributed by atoms with E-state index in [0.29, 0.717) is 6.54 Å². The first-order valence-corrected chi connectivity index (χ1v) is 6.20. The van der Waals surface area contributed by atoms with E-state index in [0.717, 1.165) is 31.1 Å². The Kier molecular flexibility index (Phi) is 4.50. The predicted octanol–water partition coefficient (Wildman–Crippen LogP) is 2.16. The maximum absolute atomic E-state index is 5.60. The highest BCUT2D eigenvalue weighted by atomic mass is 16.3. The van der Waals surface area contributed by atoms with Gasteiger partial charge < -0.3 is 10.2 Å². The summed E-state index contributed by atoms with van der Waals surface area (Å²) in [6.07, 6.45) is 3.53. The molecule has 0 amide bonds. The predicted molar refractivity (Wildman–Crippen MR) is 70.6 cm³/mol. The Morgan fingerprint density at radius 3 is 2.89 bits per heavy atom. The van der Waals surface area contributed by atoms with Gasteiger partial charge >= 0.3 is 0 Å². The fraction of sp³-hybridized carbons (Fsp3) is 0.357. The first-order valence-electron chi connectivity index (χ1n) is 6.20. The number of pyridine rings is 1. The zero-order valence-corrected chi connectivity index (χ0v) is 10.7. The summed E-state index contributed by atoms with van der Waals surface area (Å²) in [5.41, 5.74) is 7.77. The van der Waals surface area contributed by atoms with Crippen molar-refractivity contribution >= 4 is 0 Å². The number of hydrogen-bond donors (Lipinski definition) is 1. The molecule has 0 aliphatic rings. The molecule has 0 aliphatic heterocycles. The molecule has 2 N–H and O–H groups in total. The molecule has 4 nitrogen and oxygen atoms in total. The van der Waals surface area contributed by atoms with Gasteiger partial charge in [-0.1, -0.05) is 6.92 Å². The highest BCUT2D eigenvalue weighted by Gasteiger charge is 2.07. The Labute approximate surface area is 107 Å². The molecular formula is C14H19N3O. The van der Waals surface area contributed by atoms with Crippen LogP contribution in [0.2, 0.25) is 0 Å². The Morgan fingerprint density at radius 2 is 2.22 bits per heavy atom. The fourth-order valence-corrected chi connectivity index (χ4v) is 1.90. The number of nitrogens with zero attached hydrogens (tertiary/aromatic N) is 2. The standard InChI is InChI=1S/C14H19N3O/c1-2-17(11-14-4-3-7-18-14)10-12-5-6-16-13(8-12)9-15/h3-8H,2,9-11,15H2,1H3. The maximum atomic E-state index is 5.60. The number of nitrogens with two attached hydrogens (primary N) is 1. The van der Waals surface area contributed by atoms with E-state index in [1.807, 2.05) is 24.4 Å². The molecule has 0 unspecified atom stereocenters. The van der Waals surface area contributed by atoms with Crippen LogP contribution in [0.3, 0.4) is 0 Å². The van der Waals surface area contributed by atoms with Gasteiger partial charge in [0.15, 0.2) is 0 Å². The Hall–Kier alpha value is -1.65. The van der Waals surface area contributed by atoms with Crippen LogP contribution in [-0.2, 0) is 19.6 Å². The third-order valence-electron chi connectivity index (χ3n) is 2.90. The van der Waals surface area contributed by atoms with Crippen molar-refractivity contribution in [1.29, 1.82) is 0 Å². The lowest BCUT2D eigenvalue weighted by Gasteiger charge is -2.19. The van der Waals surface area contributed by atoms with E-state index in [-0.39, 0.29) is 0 Å². The number of rotatable bonds is 6. The molecule has 2 heterocycles. The van der Waals surface area contributed by atoms with E-state index in [1.165, 1.54) is 5.56 Å². The smallest absolute Gasteiger partial charge is 0.117 e. The van der Waals surface area contributed by atoms with Gasteiger partial charge in [-0.15, -0.1) is 0 Å². The van der Waals surface area contributed by atoms with Gasteiger partial charge in [0.1, 0.15) is 5.76 Å². The molecule has 2 aromatic rings. The molecule has 96 valence electrons. The third kappa shape index (κ3) is 3.42. The molecule has 0 radical (unpaired) electrons. The van der Waals surface area contributed by atoms with Gasteiger partial charge in [-0.05, 0) is 36.4 Å². The Balaban J connectivity index is 2.00. The molecule has 0 aliphatic carbocycles. The quantitative estimate of drug-likeness (QED) is 0.847. The average Bonchev–Trinajstić information content (AvgIpc) is 2.91. The number of furan rings is 1. The van der Waals surface area contributed by atoms with Gasteiger partial charge in [-0.25, -0.2) is 0 Å². The van der Waals surface area contributed by atoms with Gasteiger partial charge in [0, 0.05) is 19.3 Å². The van der Waals surface area contributed by atoms with E-state index >= 15 is 0 Å². The molecule has 0 saturated heterocycles. The summed E-state index contributed by atoms with van der Waals surface area (Å²) in [5, 5.41) is 0. The number of aromatic nitrogens is 1. The molecule has 2 aromatic heterocycles. The summed E-state index contributed by atoms with van der Waals surface area (Å²) >= 11 is 0. The van der Waals surface area contributed by atoms with E-state index in [2.05, 4.69) is 22.9 Å². The molecule has 0 fully saturated rings. The summed E-state index contributed by atoms with van der Waals surface area (Å²) in [5.74, 6) is 0.991. The van der Waals surface area contributed by atoms with E-state index in [1.54, 1.807) is 6.26 Å². The Morgan fingerprint density at radius 1 is 1.33 bits per heavy atom. The van der Waals surface area contributed by atoms with Gasteiger partial charge in [0.05, 0.1) is 18.5 Å². The highest BCUT2D eigenvalue weighted by Crippen LogP contribution is 2.10. The van der Waals surface area contributed by atoms with Gasteiger partial charge in [-0.2, -0.15) is 0 Å². The summed E-state index contributed by atoms with van der Waals surface area (Å²) < 4.78 is 5.37. The van der Waals surface area contributed by atoms with Crippen molar-refractivity contribution in [2.24, 2.45) is 5.73 Å². The van der Waals surface area contributed by atoms with Crippen LogP contribution in [0, 0.1) is 0 Å². The summed E-state index contributed by atoms with van der Waals surface area (Å²) in [6, 6.07) is 8.01. The van der Waals surface area contributed by atoms with Crippen LogP contribution >= 0.6 is 0 Å². The topological polar surface area (TPSA) is 55.3 Å². The lowest BCUT2D eigenvalue weighted by atomic mass is 10.2. The van der Waals surface area contributed by atoms with Crippen molar-refractivity contribution in [2.75, 3.05) is 6.54 Å². The molecule has 0 atom stereocenters. The van der Waals surface area contributed by atoms with Crippen molar-refractivity contribution in [1.82, 2.24) is 9.88 Å². The lowest BCUT2D eigenvalue weighted by molar-refractivity contribution is 0.247. The first-order chi connectivity index (χ1) is 8.81. The normalized spacial score (nSPS) is 11.1. The largest absolute Gasteiger partial charge is 0.468 e. The summed E-state index contributed by atoms with van der Waals surface area (Å²) in [6.45, 7) is 5.31. The second-order valence-corrected chi connectivity index (χ2v) is 4.24. The van der Waals surface area contributed by atoms with Crippen molar-refractivity contribution in [3.63, 3.8) is 0 Å². The monoisotopic (exact) mass is 245 g/mol. The van der Waals surface area contributed by atoms with E-state index in [9.17, 15) is 0 Å². The van der Waals surface area contributed by atoms with Crippen LogP contribution in [-0.4, -0.2) is 16.4 Å². The van der Waals surface area contributed by atoms with Gasteiger partial charge in [-0.3, -0.25) is 9.88 Å². The second-order valence-electron chi connectivity index (χ2n) is 4.24. The van der Waals surface area contributed by atoms with Crippen molar-refractivity contribution in [3.8, 4) is 0 Å². The van der Waals surface area contributed by atoms with Crippen LogP contribution < -0.4 is 5.73 Å². The second kappa shape index (κ2) is 6.33. The van der Waals surface area contributed by atoms with Crippen LogP contribution in [0.1, 0.15) is 23.9 Å². The molecule has 0 aromatic carbocycles. The maximum Gasteiger partial charge on any atom is 0.117 e. The zero-order chi connectivity index (χ0) is 12.8. The minimum atomic E-state index is 0.484. The van der Waals surface area contributed by atoms with Crippen LogP contribution in [0.4, 0.5) is 0 Å². The van der Waals surface area contributed by atoms with Crippen LogP contribution in [0.15, 0.2) is 41.1 Å². The SMILES string of the molecule is CCN(Cc1ccnc(CN)c1)Cc1ccco1. The molecule has 18 heavy (non-hydrogen) atoms. The third-order valence-corrected chi connectivity index (χ3v) is 2.90. The molecule has 0 saturated carbocycles. The number of hydrogen-bond acceptors (Lipinski definition) is 4. The fourth-order valence-electron chi connectivity index (χ4n) is 1.90. The van der Waals surface area contributed by atoms with Crippen LogP contribution in [0.5, 0.6) is 0 Å². The van der Waals surface area contributed by atoms with E-state index < -0.39 is 0 Å².